The first kappa shape index (κ1) is 16.2. The number of hydrogen-bond acceptors (Lipinski definition) is 3. The minimum Gasteiger partial charge on any atom is -0.289 e. The summed E-state index contributed by atoms with van der Waals surface area (Å²) in [6.07, 6.45) is 9.86. The number of piperazine rings is 1. The monoisotopic (exact) mass is 268 g/mol. The van der Waals surface area contributed by atoms with Gasteiger partial charge in [0.2, 0.25) is 11.8 Å². The minimum absolute atomic E-state index is 0.0401. The van der Waals surface area contributed by atoms with Crippen molar-refractivity contribution in [2.45, 2.75) is 58.3 Å². The molecule has 1 aliphatic rings. The van der Waals surface area contributed by atoms with Gasteiger partial charge in [0.05, 0.1) is 13.1 Å². The molecule has 0 aromatic carbocycles. The molecule has 0 radical (unpaired) electrons. The van der Waals surface area contributed by atoms with E-state index in [1.165, 1.54) is 43.4 Å². The van der Waals surface area contributed by atoms with Crippen LogP contribution < -0.4 is 0 Å². The number of hydrogen-bond donors (Lipinski definition) is 0. The van der Waals surface area contributed by atoms with Crippen molar-refractivity contribution in [1.82, 2.24) is 9.80 Å². The lowest BCUT2D eigenvalue weighted by Gasteiger charge is -2.30. The van der Waals surface area contributed by atoms with E-state index in [4.69, 9.17) is 0 Å². The van der Waals surface area contributed by atoms with Crippen molar-refractivity contribution >= 4 is 11.8 Å². The molecular formula is C15H28N2O2. The van der Waals surface area contributed by atoms with Crippen molar-refractivity contribution in [2.75, 3.05) is 26.7 Å². The molecule has 0 atom stereocenters. The van der Waals surface area contributed by atoms with E-state index in [0.29, 0.717) is 19.6 Å². The van der Waals surface area contributed by atoms with Crippen LogP contribution in [0.15, 0.2) is 0 Å². The van der Waals surface area contributed by atoms with Gasteiger partial charge in [0.15, 0.2) is 0 Å². The molecule has 110 valence electrons. The van der Waals surface area contributed by atoms with Crippen molar-refractivity contribution < 1.29 is 9.59 Å². The smallest absolute Gasteiger partial charge is 0.243 e. The normalized spacial score (nSPS) is 17.3. The molecule has 1 heterocycles. The predicted molar refractivity (Wildman–Crippen MR) is 76.8 cm³/mol. The third-order valence-corrected chi connectivity index (χ3v) is 3.65. The van der Waals surface area contributed by atoms with Crippen LogP contribution in [0.25, 0.3) is 0 Å². The fourth-order valence-corrected chi connectivity index (χ4v) is 2.48. The highest BCUT2D eigenvalue weighted by atomic mass is 16.2. The van der Waals surface area contributed by atoms with Crippen LogP contribution in [0.1, 0.15) is 58.3 Å². The van der Waals surface area contributed by atoms with Crippen LogP contribution in [0.3, 0.4) is 0 Å². The Morgan fingerprint density at radius 1 is 0.842 bits per heavy atom. The number of unbranched alkanes of at least 4 members (excludes halogenated alkanes) is 7. The molecule has 0 aromatic heterocycles. The van der Waals surface area contributed by atoms with Crippen LogP contribution >= 0.6 is 0 Å². The molecule has 4 heteroatoms. The fourth-order valence-electron chi connectivity index (χ4n) is 2.48. The molecular weight excluding hydrogens is 240 g/mol. The second kappa shape index (κ2) is 9.08. The predicted octanol–water partition coefficient (Wildman–Crippen LogP) is 2.43. The van der Waals surface area contributed by atoms with Crippen molar-refractivity contribution in [2.24, 2.45) is 0 Å². The third-order valence-electron chi connectivity index (χ3n) is 3.65. The van der Waals surface area contributed by atoms with E-state index in [2.05, 4.69) is 6.92 Å². The molecule has 1 aliphatic heterocycles. The zero-order valence-electron chi connectivity index (χ0n) is 12.5. The summed E-state index contributed by atoms with van der Waals surface area (Å²) in [6, 6.07) is 0. The van der Waals surface area contributed by atoms with Gasteiger partial charge in [0, 0.05) is 6.54 Å². The Kier molecular flexibility index (Phi) is 7.72. The van der Waals surface area contributed by atoms with Gasteiger partial charge in [-0.2, -0.15) is 0 Å². The van der Waals surface area contributed by atoms with Gasteiger partial charge in [-0.1, -0.05) is 51.9 Å². The average Bonchev–Trinajstić information content (AvgIpc) is 2.35. The molecule has 2 amide bonds. The van der Waals surface area contributed by atoms with Crippen LogP contribution in [-0.4, -0.2) is 48.3 Å². The molecule has 0 spiro atoms. The zero-order chi connectivity index (χ0) is 14.1. The molecule has 0 N–H and O–H groups in total. The van der Waals surface area contributed by atoms with E-state index >= 15 is 0 Å². The highest BCUT2D eigenvalue weighted by Crippen LogP contribution is 2.10. The summed E-state index contributed by atoms with van der Waals surface area (Å²) in [6.45, 7) is 3.59. The lowest BCUT2D eigenvalue weighted by Crippen LogP contribution is -2.52. The summed E-state index contributed by atoms with van der Waals surface area (Å²) >= 11 is 0. The largest absolute Gasteiger partial charge is 0.289 e. The van der Waals surface area contributed by atoms with Gasteiger partial charge in [-0.05, 0) is 13.5 Å². The van der Waals surface area contributed by atoms with E-state index in [0.717, 1.165) is 12.8 Å². The molecule has 1 rings (SSSR count). The quantitative estimate of drug-likeness (QED) is 0.476. The van der Waals surface area contributed by atoms with Crippen LogP contribution in [0.4, 0.5) is 0 Å². The Hall–Kier alpha value is -0.900. The molecule has 4 nitrogen and oxygen atoms in total. The molecule has 1 saturated heterocycles. The number of likely N-dealkylation sites (N-methyl/N-ethyl adjacent to an activating group) is 1. The molecule has 19 heavy (non-hydrogen) atoms. The Labute approximate surface area is 117 Å². The summed E-state index contributed by atoms with van der Waals surface area (Å²) < 4.78 is 0. The van der Waals surface area contributed by atoms with Crippen molar-refractivity contribution in [1.29, 1.82) is 0 Å². The molecule has 0 bridgehead atoms. The fraction of sp³-hybridized carbons (Fsp3) is 0.867. The third kappa shape index (κ3) is 6.19. The number of imide groups is 1. The van der Waals surface area contributed by atoms with Crippen LogP contribution in [0.5, 0.6) is 0 Å². The maximum Gasteiger partial charge on any atom is 0.243 e. The molecule has 0 unspecified atom stereocenters. The van der Waals surface area contributed by atoms with Gasteiger partial charge < -0.3 is 0 Å². The highest BCUT2D eigenvalue weighted by molar-refractivity contribution is 5.99. The Balaban J connectivity index is 2.05. The van der Waals surface area contributed by atoms with E-state index in [-0.39, 0.29) is 11.8 Å². The van der Waals surface area contributed by atoms with Crippen LogP contribution in [0, 0.1) is 0 Å². The molecule has 0 aromatic rings. The van der Waals surface area contributed by atoms with Gasteiger partial charge >= 0.3 is 0 Å². The second-order valence-corrected chi connectivity index (χ2v) is 5.59. The Morgan fingerprint density at radius 3 is 1.84 bits per heavy atom. The number of nitrogens with zero attached hydrogens (tertiary/aromatic N) is 2. The molecule has 0 saturated carbocycles. The lowest BCUT2D eigenvalue weighted by atomic mass is 10.1. The van der Waals surface area contributed by atoms with Gasteiger partial charge in [-0.15, -0.1) is 0 Å². The topological polar surface area (TPSA) is 40.6 Å². The summed E-state index contributed by atoms with van der Waals surface area (Å²) in [4.78, 5) is 26.6. The first-order valence-corrected chi connectivity index (χ1v) is 7.67. The molecule has 1 fully saturated rings. The molecule has 0 aliphatic carbocycles. The van der Waals surface area contributed by atoms with Gasteiger partial charge in [-0.3, -0.25) is 19.4 Å². The first-order valence-electron chi connectivity index (χ1n) is 7.67. The summed E-state index contributed by atoms with van der Waals surface area (Å²) in [5.41, 5.74) is 0. The number of carbonyl (C=O) groups is 2. The first-order chi connectivity index (χ1) is 9.15. The van der Waals surface area contributed by atoms with E-state index < -0.39 is 0 Å². The Bertz CT molecular complexity index is 274. The maximum absolute atomic E-state index is 11.7. The van der Waals surface area contributed by atoms with E-state index in [1.807, 2.05) is 7.05 Å². The standard InChI is InChI=1S/C15H28N2O2/c1-3-4-5-6-7-8-9-10-11-17-14(18)12-16(2)13-15(17)19/h3-13H2,1-2H3. The average molecular weight is 268 g/mol. The Morgan fingerprint density at radius 2 is 1.32 bits per heavy atom. The van der Waals surface area contributed by atoms with E-state index in [9.17, 15) is 9.59 Å². The van der Waals surface area contributed by atoms with Gasteiger partial charge in [0.25, 0.3) is 0 Å². The summed E-state index contributed by atoms with van der Waals surface area (Å²) in [5.74, 6) is -0.0802. The summed E-state index contributed by atoms with van der Waals surface area (Å²) in [7, 11) is 1.81. The highest BCUT2D eigenvalue weighted by Gasteiger charge is 2.28. The van der Waals surface area contributed by atoms with E-state index in [1.54, 1.807) is 4.90 Å². The van der Waals surface area contributed by atoms with Crippen molar-refractivity contribution in [3.8, 4) is 0 Å². The SMILES string of the molecule is CCCCCCCCCCN1C(=O)CN(C)CC1=O. The van der Waals surface area contributed by atoms with Crippen LogP contribution in [0.2, 0.25) is 0 Å². The number of amides is 2. The van der Waals surface area contributed by atoms with Crippen LogP contribution in [-0.2, 0) is 9.59 Å². The number of rotatable bonds is 9. The summed E-state index contributed by atoms with van der Waals surface area (Å²) in [5, 5.41) is 0. The number of carbonyl (C=O) groups excluding carboxylic acids is 2. The lowest BCUT2D eigenvalue weighted by molar-refractivity contribution is -0.150. The minimum atomic E-state index is -0.0401. The second-order valence-electron chi connectivity index (χ2n) is 5.59. The van der Waals surface area contributed by atoms with Crippen molar-refractivity contribution in [3.05, 3.63) is 0 Å². The van der Waals surface area contributed by atoms with Gasteiger partial charge in [-0.25, -0.2) is 0 Å². The van der Waals surface area contributed by atoms with Gasteiger partial charge in [0.1, 0.15) is 0 Å². The van der Waals surface area contributed by atoms with Crippen molar-refractivity contribution in [3.63, 3.8) is 0 Å². The maximum atomic E-state index is 11.7. The zero-order valence-corrected chi connectivity index (χ0v) is 12.5.